The molecule has 0 bridgehead atoms. The van der Waals surface area contributed by atoms with Crippen molar-refractivity contribution in [1.29, 1.82) is 0 Å². The summed E-state index contributed by atoms with van der Waals surface area (Å²) in [4.78, 5) is 13.5. The van der Waals surface area contributed by atoms with E-state index in [1.165, 1.54) is 4.90 Å². The second-order valence-electron chi connectivity index (χ2n) is 4.12. The van der Waals surface area contributed by atoms with Gasteiger partial charge in [-0.3, -0.25) is 4.79 Å². The average Bonchev–Trinajstić information content (AvgIpc) is 2.35. The third-order valence-corrected chi connectivity index (χ3v) is 2.35. The van der Waals surface area contributed by atoms with E-state index in [-0.39, 0.29) is 5.91 Å². The lowest BCUT2D eigenvalue weighted by atomic mass is 10.1. The summed E-state index contributed by atoms with van der Waals surface area (Å²) >= 11 is 0. The molecule has 1 amide bonds. The number of amides is 1. The summed E-state index contributed by atoms with van der Waals surface area (Å²) in [5, 5.41) is 9.24. The molecule has 0 aromatic heterocycles. The SMILES string of the molecule is CC(O)CN(C)C(=O)c1ccc(C#CCN)cc1. The van der Waals surface area contributed by atoms with E-state index >= 15 is 0 Å². The van der Waals surface area contributed by atoms with Gasteiger partial charge in [0.05, 0.1) is 12.6 Å². The Bertz CT molecular complexity index is 455. The molecular formula is C14H18N2O2. The van der Waals surface area contributed by atoms with Gasteiger partial charge in [-0.2, -0.15) is 0 Å². The minimum Gasteiger partial charge on any atom is -0.392 e. The molecule has 4 heteroatoms. The minimum absolute atomic E-state index is 0.116. The van der Waals surface area contributed by atoms with Crippen LogP contribution >= 0.6 is 0 Å². The normalized spacial score (nSPS) is 11.3. The zero-order valence-electron chi connectivity index (χ0n) is 10.7. The smallest absolute Gasteiger partial charge is 0.253 e. The zero-order chi connectivity index (χ0) is 13.5. The van der Waals surface area contributed by atoms with Crippen LogP contribution in [0.25, 0.3) is 0 Å². The molecule has 0 fully saturated rings. The van der Waals surface area contributed by atoms with Crippen molar-refractivity contribution >= 4 is 5.91 Å². The minimum atomic E-state index is -0.534. The molecule has 1 aromatic carbocycles. The average molecular weight is 246 g/mol. The number of hydrogen-bond acceptors (Lipinski definition) is 3. The second kappa shape index (κ2) is 6.80. The first-order chi connectivity index (χ1) is 8.54. The Morgan fingerprint density at radius 3 is 2.56 bits per heavy atom. The number of likely N-dealkylation sites (N-methyl/N-ethyl adjacent to an activating group) is 1. The summed E-state index contributed by atoms with van der Waals surface area (Å²) in [6, 6.07) is 7.01. The molecule has 96 valence electrons. The highest BCUT2D eigenvalue weighted by Crippen LogP contribution is 2.06. The van der Waals surface area contributed by atoms with Gasteiger partial charge in [0, 0.05) is 24.7 Å². The number of aliphatic hydroxyl groups is 1. The number of nitrogens with two attached hydrogens (primary N) is 1. The van der Waals surface area contributed by atoms with Crippen LogP contribution in [-0.4, -0.2) is 42.2 Å². The maximum Gasteiger partial charge on any atom is 0.253 e. The largest absolute Gasteiger partial charge is 0.392 e. The Labute approximate surface area is 107 Å². The highest BCUT2D eigenvalue weighted by molar-refractivity contribution is 5.94. The summed E-state index contributed by atoms with van der Waals surface area (Å²) < 4.78 is 0. The lowest BCUT2D eigenvalue weighted by Crippen LogP contribution is -2.32. The molecule has 0 aliphatic rings. The molecule has 0 aliphatic heterocycles. The van der Waals surface area contributed by atoms with Crippen LogP contribution < -0.4 is 5.73 Å². The van der Waals surface area contributed by atoms with Crippen molar-refractivity contribution in [1.82, 2.24) is 4.90 Å². The molecular weight excluding hydrogens is 228 g/mol. The molecule has 1 unspecified atom stereocenters. The number of rotatable bonds is 3. The van der Waals surface area contributed by atoms with Gasteiger partial charge in [0.2, 0.25) is 0 Å². The van der Waals surface area contributed by atoms with E-state index in [1.807, 2.05) is 0 Å². The van der Waals surface area contributed by atoms with Gasteiger partial charge in [-0.25, -0.2) is 0 Å². The van der Waals surface area contributed by atoms with Gasteiger partial charge in [-0.15, -0.1) is 0 Å². The Morgan fingerprint density at radius 2 is 2.06 bits per heavy atom. The zero-order valence-corrected chi connectivity index (χ0v) is 10.7. The molecule has 0 aliphatic carbocycles. The number of aliphatic hydroxyl groups excluding tert-OH is 1. The van der Waals surface area contributed by atoms with Crippen LogP contribution in [0.3, 0.4) is 0 Å². The Morgan fingerprint density at radius 1 is 1.44 bits per heavy atom. The van der Waals surface area contributed by atoms with Crippen LogP contribution in [-0.2, 0) is 0 Å². The molecule has 18 heavy (non-hydrogen) atoms. The van der Waals surface area contributed by atoms with Crippen LogP contribution in [0, 0.1) is 11.8 Å². The second-order valence-corrected chi connectivity index (χ2v) is 4.12. The fraction of sp³-hybridized carbons (Fsp3) is 0.357. The molecule has 4 nitrogen and oxygen atoms in total. The molecule has 0 spiro atoms. The van der Waals surface area contributed by atoms with Gasteiger partial charge in [0.15, 0.2) is 0 Å². The van der Waals surface area contributed by atoms with Crippen molar-refractivity contribution in [3.05, 3.63) is 35.4 Å². The van der Waals surface area contributed by atoms with Crippen molar-refractivity contribution < 1.29 is 9.90 Å². The van der Waals surface area contributed by atoms with Gasteiger partial charge in [0.1, 0.15) is 0 Å². The lowest BCUT2D eigenvalue weighted by molar-refractivity contribution is 0.0703. The van der Waals surface area contributed by atoms with E-state index in [0.717, 1.165) is 5.56 Å². The highest BCUT2D eigenvalue weighted by atomic mass is 16.3. The summed E-state index contributed by atoms with van der Waals surface area (Å²) in [6.07, 6.45) is -0.534. The van der Waals surface area contributed by atoms with Gasteiger partial charge >= 0.3 is 0 Å². The molecule has 1 rings (SSSR count). The van der Waals surface area contributed by atoms with Crippen molar-refractivity contribution in [2.24, 2.45) is 5.73 Å². The Hall–Kier alpha value is -1.83. The third-order valence-electron chi connectivity index (χ3n) is 2.35. The number of carbonyl (C=O) groups excluding carboxylic acids is 1. The fourth-order valence-electron chi connectivity index (χ4n) is 1.55. The van der Waals surface area contributed by atoms with E-state index < -0.39 is 6.10 Å². The molecule has 0 saturated carbocycles. The first-order valence-corrected chi connectivity index (χ1v) is 5.77. The van der Waals surface area contributed by atoms with Crippen LogP contribution in [0.5, 0.6) is 0 Å². The van der Waals surface area contributed by atoms with E-state index in [2.05, 4.69) is 11.8 Å². The quantitative estimate of drug-likeness (QED) is 0.761. The molecule has 0 heterocycles. The molecule has 0 radical (unpaired) electrons. The molecule has 1 aromatic rings. The van der Waals surface area contributed by atoms with Gasteiger partial charge in [-0.1, -0.05) is 11.8 Å². The predicted octanol–water partition coefficient (Wildman–Crippen LogP) is 0.450. The van der Waals surface area contributed by atoms with Gasteiger partial charge < -0.3 is 15.7 Å². The number of hydrogen-bond donors (Lipinski definition) is 2. The Balaban J connectivity index is 2.75. The van der Waals surface area contributed by atoms with Crippen molar-refractivity contribution in [2.45, 2.75) is 13.0 Å². The topological polar surface area (TPSA) is 66.6 Å². The van der Waals surface area contributed by atoms with Crippen LogP contribution in [0.2, 0.25) is 0 Å². The van der Waals surface area contributed by atoms with E-state index in [4.69, 9.17) is 5.73 Å². The summed E-state index contributed by atoms with van der Waals surface area (Å²) in [7, 11) is 1.66. The van der Waals surface area contributed by atoms with Gasteiger partial charge in [-0.05, 0) is 31.2 Å². The van der Waals surface area contributed by atoms with Crippen molar-refractivity contribution in [3.8, 4) is 11.8 Å². The monoisotopic (exact) mass is 246 g/mol. The molecule has 1 atom stereocenters. The first kappa shape index (κ1) is 14.2. The molecule has 0 saturated heterocycles. The number of carbonyl (C=O) groups is 1. The van der Waals surface area contributed by atoms with E-state index in [9.17, 15) is 9.90 Å². The number of nitrogens with zero attached hydrogens (tertiary/aromatic N) is 1. The predicted molar refractivity (Wildman–Crippen MR) is 71.0 cm³/mol. The van der Waals surface area contributed by atoms with E-state index in [1.54, 1.807) is 38.2 Å². The molecule has 3 N–H and O–H groups in total. The van der Waals surface area contributed by atoms with Crippen molar-refractivity contribution in [3.63, 3.8) is 0 Å². The Kier molecular flexibility index (Phi) is 5.37. The summed E-state index contributed by atoms with van der Waals surface area (Å²) in [5.41, 5.74) is 6.69. The van der Waals surface area contributed by atoms with Crippen LogP contribution in [0.15, 0.2) is 24.3 Å². The number of benzene rings is 1. The van der Waals surface area contributed by atoms with E-state index in [0.29, 0.717) is 18.7 Å². The summed E-state index contributed by atoms with van der Waals surface area (Å²) in [5.74, 6) is 5.53. The van der Waals surface area contributed by atoms with Crippen LogP contribution in [0.4, 0.5) is 0 Å². The van der Waals surface area contributed by atoms with Crippen LogP contribution in [0.1, 0.15) is 22.8 Å². The lowest BCUT2D eigenvalue weighted by Gasteiger charge is -2.18. The van der Waals surface area contributed by atoms with Crippen molar-refractivity contribution in [2.75, 3.05) is 20.1 Å². The maximum atomic E-state index is 12.0. The maximum absolute atomic E-state index is 12.0. The van der Waals surface area contributed by atoms with Gasteiger partial charge in [0.25, 0.3) is 5.91 Å². The highest BCUT2D eigenvalue weighted by Gasteiger charge is 2.12. The first-order valence-electron chi connectivity index (χ1n) is 5.77. The third kappa shape index (κ3) is 4.21. The fourth-order valence-corrected chi connectivity index (χ4v) is 1.55. The summed E-state index contributed by atoms with van der Waals surface area (Å²) in [6.45, 7) is 2.28. The standard InChI is InChI=1S/C14H18N2O2/c1-11(17)10-16(2)14(18)13-7-5-12(6-8-13)4-3-9-15/h5-8,11,17H,9-10,15H2,1-2H3.